The molecule has 3 aromatic rings. The molecule has 3 N–H and O–H groups in total. The van der Waals surface area contributed by atoms with E-state index in [0.29, 0.717) is 16.9 Å². The van der Waals surface area contributed by atoms with Crippen LogP contribution in [0.4, 0.5) is 11.4 Å². The van der Waals surface area contributed by atoms with E-state index in [2.05, 4.69) is 25.2 Å². The fourth-order valence-electron chi connectivity index (χ4n) is 3.66. The zero-order chi connectivity index (χ0) is 24.8. The van der Waals surface area contributed by atoms with Gasteiger partial charge in [0.25, 0.3) is 5.56 Å². The molecule has 0 aliphatic carbocycles. The lowest BCUT2D eigenvalue weighted by Gasteiger charge is -2.24. The van der Waals surface area contributed by atoms with Crippen molar-refractivity contribution in [1.82, 2.24) is 9.55 Å². The van der Waals surface area contributed by atoms with E-state index in [1.54, 1.807) is 55.5 Å². The van der Waals surface area contributed by atoms with E-state index in [1.165, 1.54) is 10.8 Å². The third kappa shape index (κ3) is 6.00. The smallest absolute Gasteiger partial charge is 0.352 e. The molecule has 1 fully saturated rings. The molecular weight excluding hydrogens is 473 g/mol. The maximum Gasteiger partial charge on any atom is 0.391 e. The molecule has 0 spiro atoms. The van der Waals surface area contributed by atoms with Gasteiger partial charge in [0.1, 0.15) is 6.23 Å². The molecule has 1 aliphatic rings. The van der Waals surface area contributed by atoms with Crippen LogP contribution in [0.2, 0.25) is 0 Å². The standard InChI is InChI=1S/C22H24N7O5P/c1-15-13-29(22(31)24-21(15)30)20-12-18(25-28-23)19(34-20)14-33-35(32,26-16-8-4-2-5-9-16)27-17-10-6-3-7-11-17/h2-11,13,18-20H,12,14H2,1H3,(H,24,30,31)(H2,26,27,32)/t18-,19+,20+/m0/s1. The maximum absolute atomic E-state index is 13.8. The number of para-hydroxylation sites is 2. The molecule has 3 atom stereocenters. The molecule has 2 heterocycles. The molecule has 0 bridgehead atoms. The Morgan fingerprint density at radius 3 is 2.31 bits per heavy atom. The van der Waals surface area contributed by atoms with Crippen LogP contribution in [-0.2, 0) is 13.8 Å². The third-order valence-corrected chi connectivity index (χ3v) is 7.00. The van der Waals surface area contributed by atoms with Gasteiger partial charge in [-0.05, 0) is 36.7 Å². The van der Waals surface area contributed by atoms with Gasteiger partial charge in [0.15, 0.2) is 0 Å². The van der Waals surface area contributed by atoms with E-state index in [9.17, 15) is 14.2 Å². The second-order valence-corrected chi connectivity index (χ2v) is 9.73. The lowest BCUT2D eigenvalue weighted by molar-refractivity contribution is -0.0218. The fraction of sp³-hybridized carbons (Fsp3) is 0.273. The van der Waals surface area contributed by atoms with Crippen LogP contribution < -0.4 is 21.4 Å². The number of aromatic nitrogens is 2. The highest BCUT2D eigenvalue weighted by molar-refractivity contribution is 7.62. The number of H-pyrrole nitrogens is 1. The molecule has 1 aromatic heterocycles. The van der Waals surface area contributed by atoms with Crippen LogP contribution in [0.1, 0.15) is 18.2 Å². The zero-order valence-electron chi connectivity index (χ0n) is 18.8. The Kier molecular flexibility index (Phi) is 7.38. The van der Waals surface area contributed by atoms with Gasteiger partial charge in [0.2, 0.25) is 0 Å². The van der Waals surface area contributed by atoms with Gasteiger partial charge in [-0.15, -0.1) is 0 Å². The Hall–Kier alpha value is -3.82. The van der Waals surface area contributed by atoms with Crippen LogP contribution >= 0.6 is 7.67 Å². The summed E-state index contributed by atoms with van der Waals surface area (Å²) in [5, 5.41) is 9.59. The number of anilines is 2. The van der Waals surface area contributed by atoms with Gasteiger partial charge >= 0.3 is 13.4 Å². The number of nitrogens with zero attached hydrogens (tertiary/aromatic N) is 4. The first kappa shape index (κ1) is 24.3. The summed E-state index contributed by atoms with van der Waals surface area (Å²) in [5.41, 5.74) is 9.37. The predicted molar refractivity (Wildman–Crippen MR) is 131 cm³/mol. The van der Waals surface area contributed by atoms with Crippen LogP contribution in [0.15, 0.2) is 81.6 Å². The number of ether oxygens (including phenoxy) is 1. The average Bonchev–Trinajstić information content (AvgIpc) is 3.24. The number of aryl methyl sites for hydroxylation is 1. The van der Waals surface area contributed by atoms with E-state index in [-0.39, 0.29) is 13.0 Å². The number of azide groups is 1. The normalized spacial score (nSPS) is 19.6. The minimum Gasteiger partial charge on any atom is -0.352 e. The summed E-state index contributed by atoms with van der Waals surface area (Å²) in [6.07, 6.45) is -0.0308. The number of hydrogen-bond donors (Lipinski definition) is 3. The Morgan fingerprint density at radius 1 is 1.14 bits per heavy atom. The molecule has 13 heteroatoms. The van der Waals surface area contributed by atoms with E-state index >= 15 is 0 Å². The number of nitrogens with one attached hydrogen (secondary N) is 3. The van der Waals surface area contributed by atoms with Gasteiger partial charge < -0.3 is 4.74 Å². The quantitative estimate of drug-likeness (QED) is 0.173. The van der Waals surface area contributed by atoms with Crippen molar-refractivity contribution >= 4 is 19.0 Å². The Balaban J connectivity index is 1.55. The lowest BCUT2D eigenvalue weighted by Crippen LogP contribution is -2.33. The van der Waals surface area contributed by atoms with Crippen molar-refractivity contribution in [2.45, 2.75) is 31.7 Å². The maximum atomic E-state index is 13.8. The van der Waals surface area contributed by atoms with Crippen molar-refractivity contribution in [3.05, 3.63) is 104 Å². The monoisotopic (exact) mass is 497 g/mol. The molecule has 0 unspecified atom stereocenters. The zero-order valence-corrected chi connectivity index (χ0v) is 19.7. The van der Waals surface area contributed by atoms with E-state index < -0.39 is 37.3 Å². The van der Waals surface area contributed by atoms with Gasteiger partial charge in [-0.2, -0.15) is 0 Å². The molecule has 182 valence electrons. The van der Waals surface area contributed by atoms with Crippen LogP contribution in [0, 0.1) is 6.92 Å². The Labute approximate surface area is 200 Å². The summed E-state index contributed by atoms with van der Waals surface area (Å²) in [5.74, 6) is 0. The van der Waals surface area contributed by atoms with Crippen LogP contribution in [0.5, 0.6) is 0 Å². The van der Waals surface area contributed by atoms with E-state index in [4.69, 9.17) is 14.8 Å². The van der Waals surface area contributed by atoms with Crippen molar-refractivity contribution in [3.8, 4) is 0 Å². The topological polar surface area (TPSA) is 163 Å². The van der Waals surface area contributed by atoms with Crippen LogP contribution in [0.3, 0.4) is 0 Å². The number of rotatable bonds is 9. The van der Waals surface area contributed by atoms with E-state index in [1.807, 2.05) is 12.1 Å². The van der Waals surface area contributed by atoms with Crippen molar-refractivity contribution < 1.29 is 13.8 Å². The summed E-state index contributed by atoms with van der Waals surface area (Å²) in [7, 11) is -3.71. The first-order chi connectivity index (χ1) is 16.9. The van der Waals surface area contributed by atoms with Crippen molar-refractivity contribution in [1.29, 1.82) is 0 Å². The molecular formula is C22H24N7O5P. The van der Waals surface area contributed by atoms with Crippen molar-refractivity contribution in [2.24, 2.45) is 5.11 Å². The summed E-state index contributed by atoms with van der Waals surface area (Å²) < 4.78 is 26.8. The first-order valence-electron chi connectivity index (χ1n) is 10.8. The van der Waals surface area contributed by atoms with Crippen molar-refractivity contribution in [2.75, 3.05) is 16.8 Å². The predicted octanol–water partition coefficient (Wildman–Crippen LogP) is 4.16. The molecule has 35 heavy (non-hydrogen) atoms. The fourth-order valence-corrected chi connectivity index (χ4v) is 5.18. The minimum absolute atomic E-state index is 0.173. The second-order valence-electron chi connectivity index (χ2n) is 7.92. The second kappa shape index (κ2) is 10.6. The highest BCUT2D eigenvalue weighted by Crippen LogP contribution is 2.47. The van der Waals surface area contributed by atoms with Gasteiger partial charge in [0.05, 0.1) is 18.8 Å². The average molecular weight is 497 g/mol. The molecule has 0 radical (unpaired) electrons. The largest absolute Gasteiger partial charge is 0.391 e. The highest BCUT2D eigenvalue weighted by Gasteiger charge is 2.38. The molecule has 4 rings (SSSR count). The van der Waals surface area contributed by atoms with E-state index in [0.717, 1.165) is 0 Å². The minimum atomic E-state index is -3.71. The Bertz CT molecular complexity index is 1330. The van der Waals surface area contributed by atoms with Crippen molar-refractivity contribution in [3.63, 3.8) is 0 Å². The van der Waals surface area contributed by atoms with Crippen LogP contribution in [-0.4, -0.2) is 28.3 Å². The number of hydrogen-bond acceptors (Lipinski definition) is 6. The lowest BCUT2D eigenvalue weighted by atomic mass is 10.1. The summed E-state index contributed by atoms with van der Waals surface area (Å²) in [4.78, 5) is 29.1. The molecule has 0 amide bonds. The summed E-state index contributed by atoms with van der Waals surface area (Å²) in [6, 6.07) is 17.1. The summed E-state index contributed by atoms with van der Waals surface area (Å²) in [6.45, 7) is 1.37. The van der Waals surface area contributed by atoms with Gasteiger partial charge in [-0.25, -0.2) is 9.36 Å². The number of aromatic amines is 1. The third-order valence-electron chi connectivity index (χ3n) is 5.38. The molecule has 2 aromatic carbocycles. The van der Waals surface area contributed by atoms with Gasteiger partial charge in [-0.1, -0.05) is 41.5 Å². The van der Waals surface area contributed by atoms with Gasteiger partial charge in [-0.3, -0.25) is 29.0 Å². The Morgan fingerprint density at radius 2 is 1.74 bits per heavy atom. The van der Waals surface area contributed by atoms with Crippen LogP contribution in [0.25, 0.3) is 10.4 Å². The summed E-state index contributed by atoms with van der Waals surface area (Å²) >= 11 is 0. The SMILES string of the molecule is Cc1cn([C@H]2C[C@H](N=[N+]=[N-])[C@@H](COP(=O)(Nc3ccccc3)Nc3ccccc3)O2)c(=O)[nH]c1=O. The molecule has 0 saturated carbocycles. The molecule has 1 aliphatic heterocycles. The first-order valence-corrected chi connectivity index (χ1v) is 12.4. The number of benzene rings is 2. The van der Waals surface area contributed by atoms with Gasteiger partial charge in [0, 0.05) is 34.5 Å². The highest BCUT2D eigenvalue weighted by atomic mass is 31.2. The molecule has 12 nitrogen and oxygen atoms in total. The molecule has 1 saturated heterocycles.